The second kappa shape index (κ2) is 4.28. The molecule has 16 heavy (non-hydrogen) atoms. The molecule has 0 saturated heterocycles. The molecule has 0 fully saturated rings. The fourth-order valence-electron chi connectivity index (χ4n) is 1.80. The van der Waals surface area contributed by atoms with Gasteiger partial charge in [-0.3, -0.25) is 4.79 Å². The van der Waals surface area contributed by atoms with Crippen LogP contribution >= 0.6 is 0 Å². The van der Waals surface area contributed by atoms with E-state index in [0.717, 1.165) is 16.7 Å². The molecule has 2 heteroatoms. The van der Waals surface area contributed by atoms with Gasteiger partial charge >= 0.3 is 0 Å². The zero-order valence-corrected chi connectivity index (χ0v) is 10.7. The van der Waals surface area contributed by atoms with Crippen LogP contribution in [0.2, 0.25) is 0 Å². The molecule has 0 saturated carbocycles. The molecule has 0 bridgehead atoms. The van der Waals surface area contributed by atoms with E-state index in [9.17, 15) is 9.90 Å². The number of benzene rings is 1. The normalized spacial score (nSPS) is 11.6. The number of phenolic OH excluding ortho intramolecular Hbond substituents is 1. The molecule has 1 aromatic rings. The molecule has 1 rings (SSSR count). The first-order chi connectivity index (χ1) is 7.21. The van der Waals surface area contributed by atoms with Gasteiger partial charge in [-0.15, -0.1) is 0 Å². The summed E-state index contributed by atoms with van der Waals surface area (Å²) in [5, 5.41) is 9.95. The SMILES string of the molecule is CC(=O)Cc1cc(O)c(C(C)(C)C)cc1C. The molecular formula is C14H20O2. The largest absolute Gasteiger partial charge is 0.508 e. The van der Waals surface area contributed by atoms with Crippen LogP contribution in [-0.4, -0.2) is 10.9 Å². The topological polar surface area (TPSA) is 37.3 Å². The molecule has 0 aliphatic rings. The maximum Gasteiger partial charge on any atom is 0.134 e. The minimum Gasteiger partial charge on any atom is -0.508 e. The quantitative estimate of drug-likeness (QED) is 0.831. The number of carbonyl (C=O) groups excluding carboxylic acids is 1. The van der Waals surface area contributed by atoms with Gasteiger partial charge in [-0.2, -0.15) is 0 Å². The van der Waals surface area contributed by atoms with Crippen molar-refractivity contribution in [1.29, 1.82) is 0 Å². The summed E-state index contributed by atoms with van der Waals surface area (Å²) >= 11 is 0. The van der Waals surface area contributed by atoms with Crippen molar-refractivity contribution in [3.8, 4) is 5.75 Å². The Bertz CT molecular complexity index is 411. The molecule has 0 aromatic heterocycles. The van der Waals surface area contributed by atoms with E-state index in [4.69, 9.17) is 0 Å². The van der Waals surface area contributed by atoms with E-state index in [-0.39, 0.29) is 16.9 Å². The van der Waals surface area contributed by atoms with Crippen LogP contribution in [0, 0.1) is 6.92 Å². The number of Topliss-reactive ketones (excluding diaryl/α,β-unsaturated/α-hetero) is 1. The van der Waals surface area contributed by atoms with E-state index in [1.807, 2.05) is 13.0 Å². The average Bonchev–Trinajstić information content (AvgIpc) is 2.07. The van der Waals surface area contributed by atoms with Crippen LogP contribution in [0.25, 0.3) is 0 Å². The van der Waals surface area contributed by atoms with Crippen molar-refractivity contribution in [1.82, 2.24) is 0 Å². The predicted octanol–water partition coefficient (Wildman–Crippen LogP) is 3.13. The lowest BCUT2D eigenvalue weighted by Crippen LogP contribution is -2.12. The number of hydrogen-bond donors (Lipinski definition) is 1. The first kappa shape index (κ1) is 12.8. The number of phenols is 1. The van der Waals surface area contributed by atoms with Crippen molar-refractivity contribution in [2.45, 2.75) is 46.5 Å². The predicted molar refractivity (Wildman–Crippen MR) is 65.9 cm³/mol. The minimum atomic E-state index is -0.0798. The second-order valence-corrected chi connectivity index (χ2v) is 5.42. The fourth-order valence-corrected chi connectivity index (χ4v) is 1.80. The smallest absolute Gasteiger partial charge is 0.134 e. The van der Waals surface area contributed by atoms with Gasteiger partial charge < -0.3 is 5.11 Å². The highest BCUT2D eigenvalue weighted by Gasteiger charge is 2.19. The maximum atomic E-state index is 11.1. The molecule has 0 spiro atoms. The molecule has 1 N–H and O–H groups in total. The molecule has 0 aliphatic carbocycles. The highest BCUT2D eigenvalue weighted by atomic mass is 16.3. The van der Waals surface area contributed by atoms with E-state index in [1.165, 1.54) is 0 Å². The van der Waals surface area contributed by atoms with Gasteiger partial charge in [0.15, 0.2) is 0 Å². The van der Waals surface area contributed by atoms with Gasteiger partial charge in [0.05, 0.1) is 0 Å². The molecule has 2 nitrogen and oxygen atoms in total. The van der Waals surface area contributed by atoms with Crippen LogP contribution in [0.1, 0.15) is 44.4 Å². The van der Waals surface area contributed by atoms with Crippen LogP contribution in [0.5, 0.6) is 5.75 Å². The highest BCUT2D eigenvalue weighted by molar-refractivity contribution is 5.78. The van der Waals surface area contributed by atoms with Crippen molar-refractivity contribution in [2.24, 2.45) is 0 Å². The van der Waals surface area contributed by atoms with Crippen molar-refractivity contribution in [3.05, 3.63) is 28.8 Å². The van der Waals surface area contributed by atoms with Crippen LogP contribution in [0.15, 0.2) is 12.1 Å². The number of ketones is 1. The number of aromatic hydroxyl groups is 1. The summed E-state index contributed by atoms with van der Waals surface area (Å²) in [4.78, 5) is 11.1. The maximum absolute atomic E-state index is 11.1. The first-order valence-corrected chi connectivity index (χ1v) is 5.54. The zero-order chi connectivity index (χ0) is 12.5. The molecular weight excluding hydrogens is 200 g/mol. The van der Waals surface area contributed by atoms with Crippen LogP contribution in [0.4, 0.5) is 0 Å². The van der Waals surface area contributed by atoms with Gasteiger partial charge in [-0.25, -0.2) is 0 Å². The Morgan fingerprint density at radius 1 is 1.31 bits per heavy atom. The summed E-state index contributed by atoms with van der Waals surface area (Å²) in [6.45, 7) is 9.73. The zero-order valence-electron chi connectivity index (χ0n) is 10.7. The highest BCUT2D eigenvalue weighted by Crippen LogP contribution is 2.32. The summed E-state index contributed by atoms with van der Waals surface area (Å²) in [5.74, 6) is 0.403. The monoisotopic (exact) mass is 220 g/mol. The molecule has 0 radical (unpaired) electrons. The van der Waals surface area contributed by atoms with Crippen LogP contribution < -0.4 is 0 Å². The lowest BCUT2D eigenvalue weighted by molar-refractivity contribution is -0.116. The molecule has 0 aliphatic heterocycles. The number of carbonyl (C=O) groups is 1. The van der Waals surface area contributed by atoms with Crippen molar-refractivity contribution >= 4 is 5.78 Å². The van der Waals surface area contributed by atoms with Gasteiger partial charge in [0.2, 0.25) is 0 Å². The third-order valence-corrected chi connectivity index (χ3v) is 2.70. The van der Waals surface area contributed by atoms with Gasteiger partial charge in [-0.05, 0) is 42.0 Å². The Morgan fingerprint density at radius 2 is 1.88 bits per heavy atom. The summed E-state index contributed by atoms with van der Waals surface area (Å²) in [5.41, 5.74) is 2.83. The van der Waals surface area contributed by atoms with E-state index >= 15 is 0 Å². The van der Waals surface area contributed by atoms with Crippen LogP contribution in [-0.2, 0) is 16.6 Å². The molecule has 0 unspecified atom stereocenters. The third kappa shape index (κ3) is 2.84. The Morgan fingerprint density at radius 3 is 2.31 bits per heavy atom. The number of rotatable bonds is 2. The van der Waals surface area contributed by atoms with Gasteiger partial charge in [0.1, 0.15) is 11.5 Å². The molecule has 88 valence electrons. The van der Waals surface area contributed by atoms with Crippen molar-refractivity contribution in [3.63, 3.8) is 0 Å². The molecule has 0 amide bonds. The van der Waals surface area contributed by atoms with Gasteiger partial charge in [-0.1, -0.05) is 26.8 Å². The molecule has 1 aromatic carbocycles. The van der Waals surface area contributed by atoms with Crippen LogP contribution in [0.3, 0.4) is 0 Å². The Balaban J connectivity index is 3.22. The van der Waals surface area contributed by atoms with E-state index in [0.29, 0.717) is 6.42 Å². The minimum absolute atomic E-state index is 0.0798. The average molecular weight is 220 g/mol. The fraction of sp³-hybridized carbons (Fsp3) is 0.500. The Hall–Kier alpha value is -1.31. The lowest BCUT2D eigenvalue weighted by Gasteiger charge is -2.22. The lowest BCUT2D eigenvalue weighted by atomic mass is 9.84. The van der Waals surface area contributed by atoms with Crippen molar-refractivity contribution in [2.75, 3.05) is 0 Å². The standard InChI is InChI=1S/C14H20O2/c1-9-6-12(14(3,4)5)13(16)8-11(9)7-10(2)15/h6,8,16H,7H2,1-5H3. The first-order valence-electron chi connectivity index (χ1n) is 5.54. The second-order valence-electron chi connectivity index (χ2n) is 5.42. The molecule has 0 atom stereocenters. The Kier molecular flexibility index (Phi) is 3.41. The Labute approximate surface area is 97.3 Å². The number of aryl methyl sites for hydroxylation is 1. The van der Waals surface area contributed by atoms with Crippen molar-refractivity contribution < 1.29 is 9.90 Å². The van der Waals surface area contributed by atoms with E-state index in [2.05, 4.69) is 20.8 Å². The van der Waals surface area contributed by atoms with Gasteiger partial charge in [0.25, 0.3) is 0 Å². The summed E-state index contributed by atoms with van der Waals surface area (Å²) in [6, 6.07) is 3.70. The van der Waals surface area contributed by atoms with E-state index in [1.54, 1.807) is 13.0 Å². The summed E-state index contributed by atoms with van der Waals surface area (Å²) in [7, 11) is 0. The number of hydrogen-bond acceptors (Lipinski definition) is 2. The van der Waals surface area contributed by atoms with Gasteiger partial charge in [0, 0.05) is 6.42 Å². The van der Waals surface area contributed by atoms with E-state index < -0.39 is 0 Å². The summed E-state index contributed by atoms with van der Waals surface area (Å²) in [6.07, 6.45) is 0.393. The third-order valence-electron chi connectivity index (χ3n) is 2.70. The summed E-state index contributed by atoms with van der Waals surface area (Å²) < 4.78 is 0. The molecule has 0 heterocycles.